The van der Waals surface area contributed by atoms with Gasteiger partial charge in [0.05, 0.1) is 5.69 Å². The number of aryl methyl sites for hydroxylation is 1. The van der Waals surface area contributed by atoms with Crippen molar-refractivity contribution in [3.8, 4) is 17.1 Å². The van der Waals surface area contributed by atoms with Gasteiger partial charge in [-0.3, -0.25) is 9.69 Å². The zero-order valence-corrected chi connectivity index (χ0v) is 14.2. The predicted molar refractivity (Wildman–Crippen MR) is 92.6 cm³/mol. The number of hydrogen-bond acceptors (Lipinski definition) is 5. The molecular weight excluding hydrogens is 342 g/mol. The molecular formula is C18H14ClN3O3. The minimum absolute atomic E-state index is 0.00571. The SMILES string of the molecule is Cc1ccc2c(c1)N(Cc1nc(-c3ccc(Cl)cc3)no1)C(=O)CO2. The summed E-state index contributed by atoms with van der Waals surface area (Å²) in [6.45, 7) is 2.15. The molecule has 0 spiro atoms. The summed E-state index contributed by atoms with van der Waals surface area (Å²) >= 11 is 5.89. The lowest BCUT2D eigenvalue weighted by atomic mass is 10.1. The van der Waals surface area contributed by atoms with Gasteiger partial charge in [-0.1, -0.05) is 22.8 Å². The van der Waals surface area contributed by atoms with Gasteiger partial charge in [0.1, 0.15) is 12.3 Å². The summed E-state index contributed by atoms with van der Waals surface area (Å²) in [5.41, 5.74) is 2.54. The highest BCUT2D eigenvalue weighted by Gasteiger charge is 2.27. The maximum absolute atomic E-state index is 12.3. The van der Waals surface area contributed by atoms with E-state index < -0.39 is 0 Å². The molecule has 0 bridgehead atoms. The second kappa shape index (κ2) is 6.22. The van der Waals surface area contributed by atoms with Crippen LogP contribution in [0.25, 0.3) is 11.4 Å². The summed E-state index contributed by atoms with van der Waals surface area (Å²) in [6, 6.07) is 12.9. The molecule has 126 valence electrons. The first-order chi connectivity index (χ1) is 12.1. The first kappa shape index (κ1) is 15.7. The van der Waals surface area contributed by atoms with Gasteiger partial charge in [0.15, 0.2) is 6.61 Å². The average molecular weight is 356 g/mol. The minimum Gasteiger partial charge on any atom is -0.482 e. The summed E-state index contributed by atoms with van der Waals surface area (Å²) in [5.74, 6) is 1.33. The number of fused-ring (bicyclic) bond motifs is 1. The normalized spacial score (nSPS) is 13.5. The molecule has 25 heavy (non-hydrogen) atoms. The van der Waals surface area contributed by atoms with E-state index in [2.05, 4.69) is 10.1 Å². The lowest BCUT2D eigenvalue weighted by Crippen LogP contribution is -2.38. The lowest BCUT2D eigenvalue weighted by Gasteiger charge is -2.28. The van der Waals surface area contributed by atoms with E-state index in [9.17, 15) is 4.79 Å². The van der Waals surface area contributed by atoms with E-state index in [0.717, 1.165) is 11.1 Å². The Kier molecular flexibility index (Phi) is 3.89. The molecule has 1 aliphatic heterocycles. The zero-order valence-electron chi connectivity index (χ0n) is 13.4. The van der Waals surface area contributed by atoms with E-state index in [1.165, 1.54) is 0 Å². The highest BCUT2D eigenvalue weighted by molar-refractivity contribution is 6.30. The average Bonchev–Trinajstić information content (AvgIpc) is 3.07. The second-order valence-electron chi connectivity index (χ2n) is 5.76. The summed E-state index contributed by atoms with van der Waals surface area (Å²) < 4.78 is 10.8. The van der Waals surface area contributed by atoms with Crippen LogP contribution in [0.15, 0.2) is 47.0 Å². The third kappa shape index (κ3) is 3.08. The Bertz CT molecular complexity index is 937. The van der Waals surface area contributed by atoms with Crippen LogP contribution in [0.4, 0.5) is 5.69 Å². The number of carbonyl (C=O) groups excluding carboxylic acids is 1. The predicted octanol–water partition coefficient (Wildman–Crippen LogP) is 3.62. The Hall–Kier alpha value is -2.86. The van der Waals surface area contributed by atoms with Gasteiger partial charge in [-0.15, -0.1) is 0 Å². The maximum Gasteiger partial charge on any atom is 0.265 e. The van der Waals surface area contributed by atoms with Crippen LogP contribution in [-0.4, -0.2) is 22.7 Å². The molecule has 0 saturated heterocycles. The van der Waals surface area contributed by atoms with E-state index in [4.69, 9.17) is 20.9 Å². The molecule has 3 aromatic rings. The Morgan fingerprint density at radius 3 is 2.80 bits per heavy atom. The van der Waals surface area contributed by atoms with Crippen LogP contribution in [-0.2, 0) is 11.3 Å². The van der Waals surface area contributed by atoms with E-state index in [-0.39, 0.29) is 19.1 Å². The van der Waals surface area contributed by atoms with Crippen molar-refractivity contribution in [3.63, 3.8) is 0 Å². The van der Waals surface area contributed by atoms with Gasteiger partial charge in [-0.2, -0.15) is 4.98 Å². The van der Waals surface area contributed by atoms with Crippen molar-refractivity contribution in [2.24, 2.45) is 0 Å². The molecule has 0 atom stereocenters. The summed E-state index contributed by atoms with van der Waals surface area (Å²) in [5, 5.41) is 4.62. The van der Waals surface area contributed by atoms with Crippen molar-refractivity contribution in [2.75, 3.05) is 11.5 Å². The second-order valence-corrected chi connectivity index (χ2v) is 6.19. The summed E-state index contributed by atoms with van der Waals surface area (Å²) in [6.07, 6.45) is 0. The summed E-state index contributed by atoms with van der Waals surface area (Å²) in [4.78, 5) is 18.3. The number of rotatable bonds is 3. The number of ether oxygens (including phenoxy) is 1. The Labute approximate surface area is 149 Å². The van der Waals surface area contributed by atoms with Gasteiger partial charge in [0.2, 0.25) is 11.7 Å². The monoisotopic (exact) mass is 355 g/mol. The third-order valence-corrected chi connectivity index (χ3v) is 4.17. The van der Waals surface area contributed by atoms with Crippen LogP contribution in [0.2, 0.25) is 5.02 Å². The first-order valence-electron chi connectivity index (χ1n) is 7.72. The molecule has 1 aliphatic rings. The van der Waals surface area contributed by atoms with Crippen LogP contribution < -0.4 is 9.64 Å². The van der Waals surface area contributed by atoms with Crippen LogP contribution in [0, 0.1) is 6.92 Å². The Morgan fingerprint density at radius 1 is 1.20 bits per heavy atom. The number of benzene rings is 2. The Morgan fingerprint density at radius 2 is 2.00 bits per heavy atom. The number of carbonyl (C=O) groups is 1. The van der Waals surface area contributed by atoms with Crippen LogP contribution in [0.1, 0.15) is 11.5 Å². The van der Waals surface area contributed by atoms with Crippen LogP contribution in [0.5, 0.6) is 5.75 Å². The van der Waals surface area contributed by atoms with E-state index >= 15 is 0 Å². The molecule has 2 aromatic carbocycles. The van der Waals surface area contributed by atoms with Gasteiger partial charge in [-0.25, -0.2) is 0 Å². The molecule has 6 nitrogen and oxygen atoms in total. The van der Waals surface area contributed by atoms with Crippen LogP contribution in [0.3, 0.4) is 0 Å². The van der Waals surface area contributed by atoms with Crippen molar-refractivity contribution in [2.45, 2.75) is 13.5 Å². The molecule has 7 heteroatoms. The van der Waals surface area contributed by atoms with E-state index in [1.54, 1.807) is 17.0 Å². The summed E-state index contributed by atoms with van der Waals surface area (Å²) in [7, 11) is 0. The fourth-order valence-electron chi connectivity index (χ4n) is 2.66. The van der Waals surface area contributed by atoms with Crippen LogP contribution >= 0.6 is 11.6 Å². The maximum atomic E-state index is 12.3. The fourth-order valence-corrected chi connectivity index (χ4v) is 2.78. The third-order valence-electron chi connectivity index (χ3n) is 3.92. The molecule has 0 radical (unpaired) electrons. The van der Waals surface area contributed by atoms with Gasteiger partial charge >= 0.3 is 0 Å². The van der Waals surface area contributed by atoms with E-state index in [1.807, 2.05) is 37.3 Å². The number of hydrogen-bond donors (Lipinski definition) is 0. The largest absolute Gasteiger partial charge is 0.482 e. The molecule has 1 amide bonds. The van der Waals surface area contributed by atoms with E-state index in [0.29, 0.717) is 28.2 Å². The van der Waals surface area contributed by atoms with Gasteiger partial charge < -0.3 is 9.26 Å². The minimum atomic E-state index is -0.149. The molecule has 0 aliphatic carbocycles. The standard InChI is InChI=1S/C18H14ClN3O3/c1-11-2-7-15-14(8-11)22(17(23)10-24-15)9-16-20-18(21-25-16)12-3-5-13(19)6-4-12/h2-8H,9-10H2,1H3. The number of halogens is 1. The topological polar surface area (TPSA) is 68.5 Å². The molecule has 2 heterocycles. The molecule has 0 fully saturated rings. The lowest BCUT2D eigenvalue weighted by molar-refractivity contribution is -0.121. The highest BCUT2D eigenvalue weighted by atomic mass is 35.5. The van der Waals surface area contributed by atoms with Gasteiger partial charge in [0, 0.05) is 10.6 Å². The molecule has 0 unspecified atom stereocenters. The van der Waals surface area contributed by atoms with Crippen molar-refractivity contribution < 1.29 is 14.1 Å². The van der Waals surface area contributed by atoms with Crippen molar-refractivity contribution in [3.05, 3.63) is 58.9 Å². The fraction of sp³-hybridized carbons (Fsp3) is 0.167. The smallest absolute Gasteiger partial charge is 0.265 e. The van der Waals surface area contributed by atoms with Crippen molar-refractivity contribution in [1.82, 2.24) is 10.1 Å². The molecule has 0 saturated carbocycles. The first-order valence-corrected chi connectivity index (χ1v) is 8.10. The number of anilines is 1. The molecule has 4 rings (SSSR count). The van der Waals surface area contributed by atoms with Gasteiger partial charge in [-0.05, 0) is 48.9 Å². The highest BCUT2D eigenvalue weighted by Crippen LogP contribution is 2.33. The molecule has 1 aromatic heterocycles. The number of nitrogens with zero attached hydrogens (tertiary/aromatic N) is 3. The Balaban J connectivity index is 1.62. The van der Waals surface area contributed by atoms with Gasteiger partial charge in [0.25, 0.3) is 5.91 Å². The molecule has 0 N–H and O–H groups in total. The number of amides is 1. The quantitative estimate of drug-likeness (QED) is 0.717. The van der Waals surface area contributed by atoms with Crippen molar-refractivity contribution >= 4 is 23.2 Å². The zero-order chi connectivity index (χ0) is 17.4. The number of aromatic nitrogens is 2. The van der Waals surface area contributed by atoms with Crippen molar-refractivity contribution in [1.29, 1.82) is 0 Å².